The third-order valence-electron chi connectivity index (χ3n) is 6.64. The highest BCUT2D eigenvalue weighted by molar-refractivity contribution is 6.25. The minimum atomic E-state index is -1.33. The second-order valence-electron chi connectivity index (χ2n) is 8.92. The smallest absolute Gasteiger partial charge is 0.330 e. The predicted octanol–water partition coefficient (Wildman–Crippen LogP) is -0.498. The van der Waals surface area contributed by atoms with E-state index in [0.717, 1.165) is 20.9 Å². The largest absolute Gasteiger partial charge is 0.394 e. The van der Waals surface area contributed by atoms with E-state index in [-0.39, 0.29) is 19.4 Å². The maximum atomic E-state index is 13.0. The van der Waals surface area contributed by atoms with Crippen LogP contribution in [-0.2, 0) is 9.53 Å². The molecule has 0 bridgehead atoms. The number of carbonyl (C=O) groups is 3. The summed E-state index contributed by atoms with van der Waals surface area (Å²) in [7, 11) is 0. The van der Waals surface area contributed by atoms with Gasteiger partial charge in [0.05, 0.1) is 6.61 Å². The van der Waals surface area contributed by atoms with Crippen LogP contribution < -0.4 is 16.6 Å². The number of carbonyl (C=O) groups excluding carboxylic acids is 3. The van der Waals surface area contributed by atoms with Crippen molar-refractivity contribution in [3.63, 3.8) is 0 Å². The SMILES string of the molecule is O=C(CCCN1C(=O)c2cccc3cccc(c23)C1=O)N[C@@H]1[C@H](O)[C@@H](CO)O[C@H]1n1ccc(=O)[nH]c1=O. The Kier molecular flexibility index (Phi) is 6.46. The summed E-state index contributed by atoms with van der Waals surface area (Å²) in [4.78, 5) is 65.6. The molecule has 2 aromatic carbocycles. The molecule has 2 aliphatic rings. The molecular formula is C25H24N4O8. The molecule has 3 heterocycles. The van der Waals surface area contributed by atoms with E-state index < -0.39 is 60.1 Å². The lowest BCUT2D eigenvalue weighted by atomic mass is 9.94. The van der Waals surface area contributed by atoms with Crippen molar-refractivity contribution in [2.24, 2.45) is 0 Å². The molecule has 4 N–H and O–H groups in total. The highest BCUT2D eigenvalue weighted by Gasteiger charge is 2.45. The average molecular weight is 508 g/mol. The van der Waals surface area contributed by atoms with Gasteiger partial charge in [-0.15, -0.1) is 0 Å². The van der Waals surface area contributed by atoms with Gasteiger partial charge in [0.2, 0.25) is 5.91 Å². The maximum absolute atomic E-state index is 13.0. The van der Waals surface area contributed by atoms with Crippen LogP contribution in [0.5, 0.6) is 0 Å². The molecule has 0 saturated carbocycles. The Labute approximate surface area is 209 Å². The molecule has 37 heavy (non-hydrogen) atoms. The second-order valence-corrected chi connectivity index (χ2v) is 8.92. The molecule has 0 spiro atoms. The Hall–Kier alpha value is -4.13. The summed E-state index contributed by atoms with van der Waals surface area (Å²) < 4.78 is 6.57. The highest BCUT2D eigenvalue weighted by Crippen LogP contribution is 2.30. The van der Waals surface area contributed by atoms with Gasteiger partial charge >= 0.3 is 5.69 Å². The van der Waals surface area contributed by atoms with Crippen LogP contribution in [0.4, 0.5) is 0 Å². The fourth-order valence-electron chi connectivity index (χ4n) is 4.86. The van der Waals surface area contributed by atoms with Crippen molar-refractivity contribution in [1.29, 1.82) is 0 Å². The standard InChI is InChI=1S/C25H24N4O8/c30-12-16-21(33)20(24(37-16)29-11-9-18(32)27-25(29)36)26-17(31)8-3-10-28-22(34)14-6-1-4-13-5-2-7-15(19(13)14)23(28)35/h1-2,4-7,9,11,16,20-21,24,30,33H,3,8,10,12H2,(H,26,31)(H,27,32,36)/t16-,20-,21-,24-/m1/s1. The molecule has 1 aromatic heterocycles. The number of nitrogens with one attached hydrogen (secondary N) is 2. The maximum Gasteiger partial charge on any atom is 0.330 e. The zero-order chi connectivity index (χ0) is 26.3. The lowest BCUT2D eigenvalue weighted by Gasteiger charge is -2.27. The van der Waals surface area contributed by atoms with Crippen molar-refractivity contribution in [3.8, 4) is 0 Å². The minimum absolute atomic E-state index is 0.00159. The van der Waals surface area contributed by atoms with E-state index in [0.29, 0.717) is 16.5 Å². The number of imide groups is 1. The van der Waals surface area contributed by atoms with E-state index in [1.807, 2.05) is 12.1 Å². The molecule has 1 saturated heterocycles. The summed E-state index contributed by atoms with van der Waals surface area (Å²) in [5.41, 5.74) is -0.583. The van der Waals surface area contributed by atoms with Gasteiger partial charge in [0.1, 0.15) is 18.2 Å². The second kappa shape index (κ2) is 9.73. The number of H-pyrrole nitrogens is 1. The average Bonchev–Trinajstić information content (AvgIpc) is 3.19. The Morgan fingerprint density at radius 1 is 1.03 bits per heavy atom. The number of aromatic amines is 1. The van der Waals surface area contributed by atoms with Crippen LogP contribution in [0.15, 0.2) is 58.3 Å². The molecule has 0 unspecified atom stereocenters. The van der Waals surface area contributed by atoms with Gasteiger partial charge in [0.15, 0.2) is 6.23 Å². The molecule has 4 atom stereocenters. The van der Waals surface area contributed by atoms with Crippen molar-refractivity contribution in [2.75, 3.05) is 13.2 Å². The van der Waals surface area contributed by atoms with Gasteiger partial charge < -0.3 is 20.3 Å². The van der Waals surface area contributed by atoms with Crippen LogP contribution in [0.2, 0.25) is 0 Å². The predicted molar refractivity (Wildman–Crippen MR) is 129 cm³/mol. The summed E-state index contributed by atoms with van der Waals surface area (Å²) in [5.74, 6) is -1.39. The van der Waals surface area contributed by atoms with Crippen LogP contribution >= 0.6 is 0 Å². The Bertz CT molecular complexity index is 1460. The van der Waals surface area contributed by atoms with Crippen molar-refractivity contribution in [1.82, 2.24) is 19.8 Å². The first-order valence-corrected chi connectivity index (χ1v) is 11.7. The molecule has 1 fully saturated rings. The van der Waals surface area contributed by atoms with E-state index in [2.05, 4.69) is 10.3 Å². The van der Waals surface area contributed by atoms with Gasteiger partial charge in [0, 0.05) is 41.7 Å². The van der Waals surface area contributed by atoms with Crippen LogP contribution in [0, 0.1) is 0 Å². The van der Waals surface area contributed by atoms with Crippen molar-refractivity contribution in [2.45, 2.75) is 37.3 Å². The first-order chi connectivity index (χ1) is 17.8. The third-order valence-corrected chi connectivity index (χ3v) is 6.64. The molecule has 3 amide bonds. The molecule has 0 radical (unpaired) electrons. The number of aliphatic hydroxyl groups excluding tert-OH is 2. The van der Waals surface area contributed by atoms with Crippen molar-refractivity contribution >= 4 is 28.5 Å². The minimum Gasteiger partial charge on any atom is -0.394 e. The number of hydrogen-bond donors (Lipinski definition) is 4. The summed E-state index contributed by atoms with van der Waals surface area (Å²) >= 11 is 0. The van der Waals surface area contributed by atoms with E-state index in [4.69, 9.17) is 4.74 Å². The lowest BCUT2D eigenvalue weighted by Crippen LogP contribution is -2.48. The number of aliphatic hydroxyl groups is 2. The van der Waals surface area contributed by atoms with Gasteiger partial charge in [0.25, 0.3) is 17.4 Å². The van der Waals surface area contributed by atoms with Crippen LogP contribution in [0.25, 0.3) is 10.8 Å². The van der Waals surface area contributed by atoms with Gasteiger partial charge in [-0.05, 0) is 23.9 Å². The van der Waals surface area contributed by atoms with Gasteiger partial charge in [-0.1, -0.05) is 24.3 Å². The number of ether oxygens (including phenoxy) is 1. The number of benzene rings is 2. The number of amides is 3. The van der Waals surface area contributed by atoms with Crippen molar-refractivity contribution < 1.29 is 29.3 Å². The summed E-state index contributed by atoms with van der Waals surface area (Å²) in [5, 5.41) is 24.1. The number of aromatic nitrogens is 2. The lowest BCUT2D eigenvalue weighted by molar-refractivity contribution is -0.123. The highest BCUT2D eigenvalue weighted by atomic mass is 16.5. The summed E-state index contributed by atoms with van der Waals surface area (Å²) in [6.45, 7) is -0.558. The van der Waals surface area contributed by atoms with Crippen LogP contribution in [-0.4, -0.2) is 73.8 Å². The zero-order valence-electron chi connectivity index (χ0n) is 19.5. The molecule has 2 aliphatic heterocycles. The number of hydrogen-bond acceptors (Lipinski definition) is 8. The van der Waals surface area contributed by atoms with E-state index >= 15 is 0 Å². The molecule has 3 aromatic rings. The zero-order valence-corrected chi connectivity index (χ0v) is 19.5. The first kappa shape index (κ1) is 24.6. The van der Waals surface area contributed by atoms with E-state index in [1.54, 1.807) is 24.3 Å². The Balaban J connectivity index is 1.26. The molecule has 0 aliphatic carbocycles. The number of nitrogens with zero attached hydrogens (tertiary/aromatic N) is 2. The first-order valence-electron chi connectivity index (χ1n) is 11.7. The van der Waals surface area contributed by atoms with E-state index in [9.17, 15) is 34.2 Å². The van der Waals surface area contributed by atoms with E-state index in [1.165, 1.54) is 6.20 Å². The van der Waals surface area contributed by atoms with Gasteiger partial charge in [-0.25, -0.2) is 4.79 Å². The molecule has 192 valence electrons. The quantitative estimate of drug-likeness (QED) is 0.310. The van der Waals surface area contributed by atoms with Crippen LogP contribution in [0.1, 0.15) is 39.8 Å². The van der Waals surface area contributed by atoms with Gasteiger partial charge in [-0.3, -0.25) is 33.6 Å². The summed E-state index contributed by atoms with van der Waals surface area (Å²) in [6, 6.07) is 10.5. The monoisotopic (exact) mass is 508 g/mol. The third kappa shape index (κ3) is 4.35. The molecular weight excluding hydrogens is 484 g/mol. The number of rotatable bonds is 7. The van der Waals surface area contributed by atoms with Gasteiger partial charge in [-0.2, -0.15) is 0 Å². The summed E-state index contributed by atoms with van der Waals surface area (Å²) in [6.07, 6.45) is -2.35. The Morgan fingerprint density at radius 3 is 2.32 bits per heavy atom. The fraction of sp³-hybridized carbons (Fsp3) is 0.320. The normalized spacial score (nSPS) is 23.0. The molecule has 5 rings (SSSR count). The Morgan fingerprint density at radius 2 is 1.70 bits per heavy atom. The molecule has 12 heteroatoms. The fourth-order valence-corrected chi connectivity index (χ4v) is 4.86. The van der Waals surface area contributed by atoms with Crippen molar-refractivity contribution in [3.05, 3.63) is 80.6 Å². The van der Waals surface area contributed by atoms with Crippen LogP contribution in [0.3, 0.4) is 0 Å². The molecule has 12 nitrogen and oxygen atoms in total. The topological polar surface area (TPSA) is 171 Å².